The van der Waals surface area contributed by atoms with Crippen LogP contribution in [0.5, 0.6) is 0 Å². The number of hydrogen-bond donors (Lipinski definition) is 2. The van der Waals surface area contributed by atoms with Gasteiger partial charge in [0.05, 0.1) is 6.04 Å². The fourth-order valence-electron chi connectivity index (χ4n) is 3.08. The van der Waals surface area contributed by atoms with Gasteiger partial charge in [0.1, 0.15) is 0 Å². The molecule has 3 heterocycles. The topological polar surface area (TPSA) is 76.8 Å². The van der Waals surface area contributed by atoms with Crippen molar-refractivity contribution < 1.29 is 4.79 Å². The van der Waals surface area contributed by atoms with Gasteiger partial charge in [-0.1, -0.05) is 11.8 Å². The molecule has 1 aliphatic rings. The third-order valence-electron chi connectivity index (χ3n) is 4.58. The molecule has 0 spiro atoms. The zero-order valence-corrected chi connectivity index (χ0v) is 17.2. The van der Waals surface area contributed by atoms with Crippen molar-refractivity contribution in [1.29, 1.82) is 0 Å². The van der Waals surface area contributed by atoms with Gasteiger partial charge in [0.15, 0.2) is 10.9 Å². The molecule has 148 valence electrons. The number of imidazole rings is 1. The van der Waals surface area contributed by atoms with Crippen molar-refractivity contribution >= 4 is 35.8 Å². The number of aromatic nitrogens is 4. The minimum atomic E-state index is -0.193. The van der Waals surface area contributed by atoms with Gasteiger partial charge < -0.3 is 15.2 Å². The van der Waals surface area contributed by atoms with E-state index >= 15 is 0 Å². The number of carbonyl (C=O) groups is 1. The molecule has 0 bridgehead atoms. The van der Waals surface area contributed by atoms with Crippen LogP contribution >= 0.6 is 24.2 Å². The van der Waals surface area contributed by atoms with Gasteiger partial charge in [-0.25, -0.2) is 4.98 Å². The Morgan fingerprint density at radius 2 is 2.07 bits per heavy atom. The molecule has 1 atom stereocenters. The summed E-state index contributed by atoms with van der Waals surface area (Å²) < 4.78 is 3.87. The van der Waals surface area contributed by atoms with E-state index in [1.54, 1.807) is 24.0 Å². The van der Waals surface area contributed by atoms with Crippen molar-refractivity contribution in [1.82, 2.24) is 24.6 Å². The summed E-state index contributed by atoms with van der Waals surface area (Å²) in [4.78, 5) is 17.8. The van der Waals surface area contributed by atoms with E-state index < -0.39 is 0 Å². The Hall–Kier alpha value is -2.29. The molecule has 2 N–H and O–H groups in total. The molecule has 1 aromatic carbocycles. The van der Waals surface area contributed by atoms with Crippen LogP contribution in [-0.2, 0) is 7.05 Å². The largest absolute Gasteiger partial charge is 0.329 e. The number of anilines is 1. The van der Waals surface area contributed by atoms with Crippen LogP contribution in [0, 0.1) is 0 Å². The van der Waals surface area contributed by atoms with Crippen LogP contribution in [0.1, 0.15) is 29.4 Å². The second-order valence-electron chi connectivity index (χ2n) is 6.58. The van der Waals surface area contributed by atoms with E-state index in [0.717, 1.165) is 41.7 Å². The minimum absolute atomic E-state index is 0. The van der Waals surface area contributed by atoms with Gasteiger partial charge >= 0.3 is 0 Å². The zero-order chi connectivity index (χ0) is 18.6. The number of benzene rings is 1. The maximum atomic E-state index is 12.5. The molecular formula is C19H23ClN6OS. The van der Waals surface area contributed by atoms with Crippen LogP contribution in [0.25, 0.3) is 0 Å². The molecule has 3 aromatic rings. The summed E-state index contributed by atoms with van der Waals surface area (Å²) in [6, 6.07) is 9.83. The molecule has 0 aliphatic carbocycles. The Kier molecular flexibility index (Phi) is 6.77. The molecular weight excluding hydrogens is 396 g/mol. The summed E-state index contributed by atoms with van der Waals surface area (Å²) in [6.07, 6.45) is 7.80. The average Bonchev–Trinajstić information content (AvgIpc) is 3.34. The SMILES string of the molecule is Cl.Cn1ccnc1Sc1ccc(NC(=O)c2ccn(C3CCCNC3)n2)cc1. The fourth-order valence-corrected chi connectivity index (χ4v) is 3.88. The third-order valence-corrected chi connectivity index (χ3v) is 5.67. The van der Waals surface area contributed by atoms with E-state index in [2.05, 4.69) is 20.7 Å². The number of nitrogens with zero attached hydrogens (tertiary/aromatic N) is 4. The Morgan fingerprint density at radius 1 is 1.25 bits per heavy atom. The zero-order valence-electron chi connectivity index (χ0n) is 15.5. The fraction of sp³-hybridized carbons (Fsp3) is 0.316. The van der Waals surface area contributed by atoms with Crippen LogP contribution in [-0.4, -0.2) is 38.3 Å². The van der Waals surface area contributed by atoms with Crippen molar-refractivity contribution in [3.63, 3.8) is 0 Å². The molecule has 1 amide bonds. The first-order valence-corrected chi connectivity index (χ1v) is 9.83. The maximum absolute atomic E-state index is 12.5. The molecule has 7 nitrogen and oxygen atoms in total. The molecule has 4 rings (SSSR count). The molecule has 2 aromatic heterocycles. The summed E-state index contributed by atoms with van der Waals surface area (Å²) in [5.41, 5.74) is 1.19. The maximum Gasteiger partial charge on any atom is 0.276 e. The lowest BCUT2D eigenvalue weighted by atomic mass is 10.1. The van der Waals surface area contributed by atoms with Crippen molar-refractivity contribution in [3.05, 3.63) is 54.6 Å². The number of carbonyl (C=O) groups excluding carboxylic acids is 1. The second-order valence-corrected chi connectivity index (χ2v) is 7.62. The smallest absolute Gasteiger partial charge is 0.276 e. The first-order chi connectivity index (χ1) is 13.2. The summed E-state index contributed by atoms with van der Waals surface area (Å²) in [6.45, 7) is 1.96. The van der Waals surface area contributed by atoms with Crippen LogP contribution in [0.2, 0.25) is 0 Å². The van der Waals surface area contributed by atoms with Crippen molar-refractivity contribution in [3.8, 4) is 0 Å². The lowest BCUT2D eigenvalue weighted by Gasteiger charge is -2.22. The van der Waals surface area contributed by atoms with E-state index in [1.807, 2.05) is 53.0 Å². The van der Waals surface area contributed by atoms with Gasteiger partial charge in [-0.2, -0.15) is 5.10 Å². The average molecular weight is 419 g/mol. The van der Waals surface area contributed by atoms with E-state index in [1.165, 1.54) is 0 Å². The number of rotatable bonds is 5. The van der Waals surface area contributed by atoms with Crippen molar-refractivity contribution in [2.75, 3.05) is 18.4 Å². The Balaban J connectivity index is 0.00000225. The predicted molar refractivity (Wildman–Crippen MR) is 112 cm³/mol. The van der Waals surface area contributed by atoms with Gasteiger partial charge in [-0.05, 0) is 49.7 Å². The Labute approximate surface area is 174 Å². The van der Waals surface area contributed by atoms with Crippen LogP contribution in [0.4, 0.5) is 5.69 Å². The highest BCUT2D eigenvalue weighted by molar-refractivity contribution is 7.99. The van der Waals surface area contributed by atoms with Gasteiger partial charge in [0.2, 0.25) is 0 Å². The van der Waals surface area contributed by atoms with E-state index in [-0.39, 0.29) is 18.3 Å². The lowest BCUT2D eigenvalue weighted by molar-refractivity contribution is 0.102. The highest BCUT2D eigenvalue weighted by atomic mass is 35.5. The highest BCUT2D eigenvalue weighted by Crippen LogP contribution is 2.27. The normalized spacial score (nSPS) is 16.4. The molecule has 0 radical (unpaired) electrons. The number of halogens is 1. The van der Waals surface area contributed by atoms with Gasteiger partial charge in [0.25, 0.3) is 5.91 Å². The van der Waals surface area contributed by atoms with Crippen LogP contribution < -0.4 is 10.6 Å². The number of nitrogens with one attached hydrogen (secondary N) is 2. The molecule has 1 fully saturated rings. The van der Waals surface area contributed by atoms with E-state index in [0.29, 0.717) is 11.7 Å². The molecule has 1 saturated heterocycles. The molecule has 1 unspecified atom stereocenters. The van der Waals surface area contributed by atoms with Crippen molar-refractivity contribution in [2.24, 2.45) is 7.05 Å². The highest BCUT2D eigenvalue weighted by Gasteiger charge is 2.17. The lowest BCUT2D eigenvalue weighted by Crippen LogP contribution is -2.32. The van der Waals surface area contributed by atoms with Crippen molar-refractivity contribution in [2.45, 2.75) is 28.9 Å². The summed E-state index contributed by atoms with van der Waals surface area (Å²) in [5, 5.41) is 11.7. The Morgan fingerprint density at radius 3 is 2.75 bits per heavy atom. The third kappa shape index (κ3) is 4.76. The second kappa shape index (κ2) is 9.27. The summed E-state index contributed by atoms with van der Waals surface area (Å²) in [7, 11) is 1.96. The van der Waals surface area contributed by atoms with Gasteiger partial charge in [-0.3, -0.25) is 9.48 Å². The number of aryl methyl sites for hydroxylation is 1. The number of piperidine rings is 1. The molecule has 28 heavy (non-hydrogen) atoms. The first kappa shape index (κ1) is 20.4. The standard InChI is InChI=1S/C19H22N6OS.ClH/c1-24-12-10-21-19(24)27-16-6-4-14(5-7-16)22-18(26)17-8-11-25(23-17)15-3-2-9-20-13-15;/h4-8,10-12,15,20H,2-3,9,13H2,1H3,(H,22,26);1H. The first-order valence-electron chi connectivity index (χ1n) is 9.01. The van der Waals surface area contributed by atoms with Gasteiger partial charge in [0, 0.05) is 42.8 Å². The summed E-state index contributed by atoms with van der Waals surface area (Å²) >= 11 is 1.58. The molecule has 9 heteroatoms. The Bertz CT molecular complexity index is 917. The minimum Gasteiger partial charge on any atom is -0.329 e. The molecule has 1 aliphatic heterocycles. The van der Waals surface area contributed by atoms with Crippen LogP contribution in [0.3, 0.4) is 0 Å². The van der Waals surface area contributed by atoms with Gasteiger partial charge in [-0.15, -0.1) is 12.4 Å². The quantitative estimate of drug-likeness (QED) is 0.664. The predicted octanol–water partition coefficient (Wildman–Crippen LogP) is 3.37. The van der Waals surface area contributed by atoms with E-state index in [4.69, 9.17) is 0 Å². The summed E-state index contributed by atoms with van der Waals surface area (Å²) in [5.74, 6) is -0.193. The number of amides is 1. The van der Waals surface area contributed by atoms with E-state index in [9.17, 15) is 4.79 Å². The monoisotopic (exact) mass is 418 g/mol. The van der Waals surface area contributed by atoms with Crippen LogP contribution in [0.15, 0.2) is 59.0 Å². The number of hydrogen-bond acceptors (Lipinski definition) is 5. The molecule has 0 saturated carbocycles.